The van der Waals surface area contributed by atoms with Crippen molar-refractivity contribution in [2.24, 2.45) is 5.10 Å². The first-order valence-corrected chi connectivity index (χ1v) is 6.79. The molecule has 0 fully saturated rings. The summed E-state index contributed by atoms with van der Waals surface area (Å²) in [6.45, 7) is 0. The normalized spacial score (nSPS) is 11.0. The van der Waals surface area contributed by atoms with Gasteiger partial charge in [-0.3, -0.25) is 5.43 Å². The molecule has 0 bridgehead atoms. The monoisotopic (exact) mass is 314 g/mol. The van der Waals surface area contributed by atoms with Crippen molar-refractivity contribution in [3.05, 3.63) is 66.0 Å². The molecule has 8 heteroatoms. The van der Waals surface area contributed by atoms with Crippen LogP contribution >= 0.6 is 0 Å². The van der Waals surface area contributed by atoms with Gasteiger partial charge >= 0.3 is 0 Å². The van der Waals surface area contributed by atoms with Gasteiger partial charge in [-0.25, -0.2) is 8.78 Å². The molecule has 0 spiro atoms. The Morgan fingerprint density at radius 1 is 1.13 bits per heavy atom. The molecule has 0 saturated heterocycles. The van der Waals surface area contributed by atoms with Gasteiger partial charge in [0.15, 0.2) is 5.82 Å². The number of halogens is 2. The van der Waals surface area contributed by atoms with Crippen LogP contribution in [0, 0.1) is 11.6 Å². The van der Waals surface area contributed by atoms with Crippen LogP contribution in [0.4, 0.5) is 14.5 Å². The molecule has 2 aromatic carbocycles. The van der Waals surface area contributed by atoms with Gasteiger partial charge in [0.1, 0.15) is 11.6 Å². The smallest absolute Gasteiger partial charge is 0.162 e. The number of anilines is 1. The molecule has 3 aromatic rings. The summed E-state index contributed by atoms with van der Waals surface area (Å²) < 4.78 is 28.0. The third kappa shape index (κ3) is 3.54. The van der Waals surface area contributed by atoms with Gasteiger partial charge < -0.3 is 0 Å². The molecular weight excluding hydrogens is 302 g/mol. The first kappa shape index (κ1) is 14.8. The highest BCUT2D eigenvalue weighted by Crippen LogP contribution is 2.14. The number of tetrazole rings is 1. The van der Waals surface area contributed by atoms with E-state index < -0.39 is 11.6 Å². The van der Waals surface area contributed by atoms with Crippen LogP contribution < -0.4 is 5.43 Å². The minimum Gasteiger partial charge on any atom is -0.276 e. The summed E-state index contributed by atoms with van der Waals surface area (Å²) in [4.78, 5) is 0. The van der Waals surface area contributed by atoms with Crippen LogP contribution in [0.1, 0.15) is 5.82 Å². The molecule has 23 heavy (non-hydrogen) atoms. The highest BCUT2D eigenvalue weighted by molar-refractivity contribution is 5.62. The van der Waals surface area contributed by atoms with Gasteiger partial charge in [-0.15, -0.1) is 5.10 Å². The van der Waals surface area contributed by atoms with Crippen molar-refractivity contribution in [2.45, 2.75) is 6.42 Å². The molecule has 1 aromatic heterocycles. The Balaban J connectivity index is 1.67. The highest BCUT2D eigenvalue weighted by atomic mass is 19.1. The van der Waals surface area contributed by atoms with Crippen LogP contribution in [0.25, 0.3) is 5.69 Å². The van der Waals surface area contributed by atoms with E-state index in [-0.39, 0.29) is 5.69 Å². The molecule has 0 atom stereocenters. The second-order valence-corrected chi connectivity index (χ2v) is 4.59. The number of nitrogens with zero attached hydrogens (tertiary/aromatic N) is 5. The lowest BCUT2D eigenvalue weighted by Gasteiger charge is -2.03. The minimum atomic E-state index is -0.585. The van der Waals surface area contributed by atoms with Crippen LogP contribution in [0.2, 0.25) is 0 Å². The quantitative estimate of drug-likeness (QED) is 0.580. The lowest BCUT2D eigenvalue weighted by molar-refractivity contribution is 0.603. The van der Waals surface area contributed by atoms with Gasteiger partial charge in [0.05, 0.1) is 11.4 Å². The number of nitrogens with one attached hydrogen (secondary N) is 1. The summed E-state index contributed by atoms with van der Waals surface area (Å²) in [6, 6.07) is 12.5. The fraction of sp³-hybridized carbons (Fsp3) is 0.0667. The van der Waals surface area contributed by atoms with E-state index in [1.54, 1.807) is 4.68 Å². The molecule has 0 aliphatic rings. The summed E-state index contributed by atoms with van der Waals surface area (Å²) >= 11 is 0. The Hall–Kier alpha value is -3.16. The number of hydrogen-bond acceptors (Lipinski definition) is 5. The Labute approximate surface area is 130 Å². The zero-order valence-electron chi connectivity index (χ0n) is 11.9. The van der Waals surface area contributed by atoms with Gasteiger partial charge in [-0.05, 0) is 34.7 Å². The Kier molecular flexibility index (Phi) is 4.32. The lowest BCUT2D eigenvalue weighted by Crippen LogP contribution is -2.04. The number of hydrazone groups is 1. The van der Waals surface area contributed by atoms with Gasteiger partial charge in [-0.1, -0.05) is 18.2 Å². The van der Waals surface area contributed by atoms with Crippen molar-refractivity contribution >= 4 is 11.9 Å². The molecule has 0 unspecified atom stereocenters. The molecule has 0 aliphatic heterocycles. The first-order valence-electron chi connectivity index (χ1n) is 6.79. The lowest BCUT2D eigenvalue weighted by atomic mass is 10.3. The highest BCUT2D eigenvalue weighted by Gasteiger charge is 2.06. The van der Waals surface area contributed by atoms with Crippen LogP contribution in [0.3, 0.4) is 0 Å². The van der Waals surface area contributed by atoms with Crippen molar-refractivity contribution in [3.63, 3.8) is 0 Å². The minimum absolute atomic E-state index is 0.0381. The topological polar surface area (TPSA) is 68.0 Å². The molecule has 0 aliphatic carbocycles. The molecule has 6 nitrogen and oxygen atoms in total. The van der Waals surface area contributed by atoms with Gasteiger partial charge in [0, 0.05) is 18.7 Å². The van der Waals surface area contributed by atoms with E-state index >= 15 is 0 Å². The fourth-order valence-electron chi connectivity index (χ4n) is 1.93. The van der Waals surface area contributed by atoms with E-state index in [9.17, 15) is 8.78 Å². The molecule has 1 N–H and O–H groups in total. The van der Waals surface area contributed by atoms with Crippen molar-refractivity contribution in [1.82, 2.24) is 20.2 Å². The standard InChI is InChI=1S/C15H12F2N6/c16-11-6-7-13(17)14(10-11)19-18-9-8-15-20-21-22-23(15)12-4-2-1-3-5-12/h1-7,9-10,19H,8H2/b18-9-. The van der Waals surface area contributed by atoms with Gasteiger partial charge in [0.2, 0.25) is 0 Å². The van der Waals surface area contributed by atoms with E-state index in [4.69, 9.17) is 0 Å². The summed E-state index contributed by atoms with van der Waals surface area (Å²) in [6.07, 6.45) is 1.81. The van der Waals surface area contributed by atoms with Crippen LogP contribution in [-0.2, 0) is 6.42 Å². The van der Waals surface area contributed by atoms with Crippen LogP contribution in [0.5, 0.6) is 0 Å². The van der Waals surface area contributed by atoms with Crippen molar-refractivity contribution in [3.8, 4) is 5.69 Å². The van der Waals surface area contributed by atoms with Crippen molar-refractivity contribution in [1.29, 1.82) is 0 Å². The fourth-order valence-corrected chi connectivity index (χ4v) is 1.93. The molecule has 0 saturated carbocycles. The Morgan fingerprint density at radius 2 is 1.96 bits per heavy atom. The number of rotatable bonds is 5. The maximum atomic E-state index is 13.4. The summed E-state index contributed by atoms with van der Waals surface area (Å²) in [5, 5.41) is 15.3. The Bertz CT molecular complexity index is 816. The molecule has 116 valence electrons. The second-order valence-electron chi connectivity index (χ2n) is 4.59. The predicted octanol–water partition coefficient (Wildman–Crippen LogP) is 2.58. The average molecular weight is 314 g/mol. The Morgan fingerprint density at radius 3 is 2.78 bits per heavy atom. The van der Waals surface area contributed by atoms with Gasteiger partial charge in [-0.2, -0.15) is 9.78 Å². The third-order valence-electron chi connectivity index (χ3n) is 3.01. The second kappa shape index (κ2) is 6.73. The zero-order valence-corrected chi connectivity index (χ0v) is 11.9. The van der Waals surface area contributed by atoms with Crippen LogP contribution in [-0.4, -0.2) is 26.4 Å². The van der Waals surface area contributed by atoms with E-state index in [0.29, 0.717) is 12.2 Å². The molecule has 0 amide bonds. The SMILES string of the molecule is Fc1ccc(F)c(N/N=C\Cc2nnnn2-c2ccccc2)c1. The molecule has 0 radical (unpaired) electrons. The van der Waals surface area contributed by atoms with E-state index in [0.717, 1.165) is 23.9 Å². The maximum absolute atomic E-state index is 13.4. The predicted molar refractivity (Wildman–Crippen MR) is 81.3 cm³/mol. The van der Waals surface area contributed by atoms with E-state index in [1.807, 2.05) is 30.3 Å². The largest absolute Gasteiger partial charge is 0.276 e. The van der Waals surface area contributed by atoms with Crippen molar-refractivity contribution < 1.29 is 8.78 Å². The third-order valence-corrected chi connectivity index (χ3v) is 3.01. The maximum Gasteiger partial charge on any atom is 0.162 e. The van der Waals surface area contributed by atoms with Crippen LogP contribution in [0.15, 0.2) is 53.6 Å². The number of benzene rings is 2. The molecule has 3 rings (SSSR count). The number of aromatic nitrogens is 4. The number of hydrogen-bond donors (Lipinski definition) is 1. The summed E-state index contributed by atoms with van der Waals surface area (Å²) in [7, 11) is 0. The molecule has 1 heterocycles. The summed E-state index contributed by atoms with van der Waals surface area (Å²) in [5.74, 6) is -0.559. The van der Waals surface area contributed by atoms with E-state index in [1.165, 1.54) is 6.21 Å². The van der Waals surface area contributed by atoms with Gasteiger partial charge in [0.25, 0.3) is 0 Å². The molecular formula is C15H12F2N6. The van der Waals surface area contributed by atoms with E-state index in [2.05, 4.69) is 26.1 Å². The van der Waals surface area contributed by atoms with Crippen molar-refractivity contribution in [2.75, 3.05) is 5.43 Å². The summed E-state index contributed by atoms with van der Waals surface area (Å²) in [5.41, 5.74) is 3.24. The number of para-hydroxylation sites is 1. The zero-order chi connectivity index (χ0) is 16.1. The average Bonchev–Trinajstić information content (AvgIpc) is 3.04. The first-order chi connectivity index (χ1) is 11.2.